The number of hydrogen-bond donors (Lipinski definition) is 2. The van der Waals surface area contributed by atoms with E-state index in [2.05, 4.69) is 15.0 Å². The summed E-state index contributed by atoms with van der Waals surface area (Å²) in [7, 11) is -3.80. The van der Waals surface area contributed by atoms with E-state index in [0.717, 1.165) is 11.1 Å². The molecule has 2 aromatic carbocycles. The van der Waals surface area contributed by atoms with Crippen LogP contribution in [0, 0.1) is 25.2 Å². The first-order valence-electron chi connectivity index (χ1n) is 9.32. The first kappa shape index (κ1) is 21.7. The molecule has 8 heteroatoms. The fraction of sp³-hybridized carbons (Fsp3) is 0.0870. The highest BCUT2D eigenvalue weighted by Crippen LogP contribution is 2.24. The molecule has 0 aliphatic rings. The Hall–Kier alpha value is -3.96. The van der Waals surface area contributed by atoms with Gasteiger partial charge in [-0.1, -0.05) is 24.3 Å². The average Bonchev–Trinajstić information content (AvgIpc) is 2.76. The van der Waals surface area contributed by atoms with E-state index in [4.69, 9.17) is 0 Å². The van der Waals surface area contributed by atoms with Gasteiger partial charge in [-0.2, -0.15) is 5.26 Å². The molecule has 1 amide bonds. The van der Waals surface area contributed by atoms with Gasteiger partial charge in [-0.05, 0) is 66.9 Å². The fourth-order valence-corrected chi connectivity index (χ4v) is 4.06. The molecule has 3 rings (SSSR count). The number of carbonyl (C=O) groups excluding carboxylic acids is 1. The van der Waals surface area contributed by atoms with E-state index in [1.165, 1.54) is 36.5 Å². The summed E-state index contributed by atoms with van der Waals surface area (Å²) in [5.74, 6) is -0.601. The first-order valence-corrected chi connectivity index (χ1v) is 10.8. The summed E-state index contributed by atoms with van der Waals surface area (Å²) in [4.78, 5) is 16.4. The summed E-state index contributed by atoms with van der Waals surface area (Å²) >= 11 is 0. The lowest BCUT2D eigenvalue weighted by Crippen LogP contribution is -2.16. The third-order valence-electron chi connectivity index (χ3n) is 4.50. The molecule has 0 aliphatic heterocycles. The Morgan fingerprint density at radius 2 is 1.71 bits per heavy atom. The number of amides is 1. The lowest BCUT2D eigenvalue weighted by atomic mass is 10.1. The van der Waals surface area contributed by atoms with Crippen molar-refractivity contribution in [1.29, 1.82) is 5.26 Å². The second-order valence-corrected chi connectivity index (χ2v) is 8.49. The van der Waals surface area contributed by atoms with Crippen molar-refractivity contribution >= 4 is 33.4 Å². The van der Waals surface area contributed by atoms with E-state index in [1.54, 1.807) is 18.3 Å². The molecule has 0 unspecified atom stereocenters. The Balaban J connectivity index is 1.76. The van der Waals surface area contributed by atoms with Crippen LogP contribution < -0.4 is 10.0 Å². The highest BCUT2D eigenvalue weighted by atomic mass is 32.2. The van der Waals surface area contributed by atoms with E-state index in [1.807, 2.05) is 38.1 Å². The van der Waals surface area contributed by atoms with Crippen molar-refractivity contribution in [2.24, 2.45) is 0 Å². The van der Waals surface area contributed by atoms with E-state index in [9.17, 15) is 18.5 Å². The van der Waals surface area contributed by atoms with Gasteiger partial charge in [0, 0.05) is 18.1 Å². The molecule has 0 bridgehead atoms. The molecule has 1 aromatic heterocycles. The van der Waals surface area contributed by atoms with Crippen LogP contribution in [0.25, 0.3) is 6.08 Å². The lowest BCUT2D eigenvalue weighted by Gasteiger charge is -2.13. The Labute approximate surface area is 181 Å². The molecule has 0 fully saturated rings. The van der Waals surface area contributed by atoms with E-state index < -0.39 is 15.9 Å². The first-order chi connectivity index (χ1) is 14.8. The number of pyridine rings is 1. The van der Waals surface area contributed by atoms with Crippen LogP contribution in [0.4, 0.5) is 11.4 Å². The molecule has 0 saturated carbocycles. The van der Waals surface area contributed by atoms with Gasteiger partial charge in [0.2, 0.25) is 0 Å². The maximum absolute atomic E-state index is 12.7. The van der Waals surface area contributed by atoms with Crippen LogP contribution in [0.1, 0.15) is 16.7 Å². The number of para-hydroxylation sites is 1. The van der Waals surface area contributed by atoms with E-state index in [-0.39, 0.29) is 10.5 Å². The number of hydrogen-bond acceptors (Lipinski definition) is 5. The molecule has 0 atom stereocenters. The zero-order valence-electron chi connectivity index (χ0n) is 17.0. The molecule has 31 heavy (non-hydrogen) atoms. The second-order valence-electron chi connectivity index (χ2n) is 6.81. The number of aromatic nitrogens is 1. The second kappa shape index (κ2) is 9.24. The molecule has 2 N–H and O–H groups in total. The number of aryl methyl sites for hydroxylation is 2. The monoisotopic (exact) mass is 432 g/mol. The van der Waals surface area contributed by atoms with Gasteiger partial charge < -0.3 is 5.32 Å². The molecule has 1 heterocycles. The van der Waals surface area contributed by atoms with Gasteiger partial charge in [0.1, 0.15) is 11.6 Å². The molecular formula is C23H20N4O3S. The van der Waals surface area contributed by atoms with Gasteiger partial charge in [0.05, 0.1) is 10.6 Å². The number of nitrogens with one attached hydrogen (secondary N) is 2. The Kier molecular flexibility index (Phi) is 6.48. The van der Waals surface area contributed by atoms with Gasteiger partial charge in [0.15, 0.2) is 0 Å². The predicted octanol–water partition coefficient (Wildman–Crippen LogP) is 4.04. The van der Waals surface area contributed by atoms with Crippen LogP contribution in [-0.4, -0.2) is 19.3 Å². The standard InChI is InChI=1S/C23H20N4O3S/c1-16-5-3-6-17(2)22(16)27-31(29,30)21-10-8-20(9-11-21)26-23(28)19(14-24)13-18-7-4-12-25-15-18/h3-13,15,27H,1-2H3,(H,26,28). The van der Waals surface area contributed by atoms with Crippen molar-refractivity contribution in [3.63, 3.8) is 0 Å². The molecule has 0 aliphatic carbocycles. The summed E-state index contributed by atoms with van der Waals surface area (Å²) in [5.41, 5.74) is 3.06. The largest absolute Gasteiger partial charge is 0.321 e. The van der Waals surface area contributed by atoms with Crippen molar-refractivity contribution in [2.45, 2.75) is 18.7 Å². The van der Waals surface area contributed by atoms with Crippen molar-refractivity contribution in [1.82, 2.24) is 4.98 Å². The number of anilines is 2. The maximum Gasteiger partial charge on any atom is 0.266 e. The third-order valence-corrected chi connectivity index (χ3v) is 5.87. The quantitative estimate of drug-likeness (QED) is 0.451. The predicted molar refractivity (Wildman–Crippen MR) is 120 cm³/mol. The lowest BCUT2D eigenvalue weighted by molar-refractivity contribution is -0.112. The van der Waals surface area contributed by atoms with Crippen LogP contribution in [-0.2, 0) is 14.8 Å². The minimum atomic E-state index is -3.80. The minimum absolute atomic E-state index is 0.0551. The smallest absolute Gasteiger partial charge is 0.266 e. The van der Waals surface area contributed by atoms with Gasteiger partial charge in [0.25, 0.3) is 15.9 Å². The van der Waals surface area contributed by atoms with Crippen LogP contribution in [0.3, 0.4) is 0 Å². The average molecular weight is 433 g/mol. The van der Waals surface area contributed by atoms with Crippen molar-refractivity contribution in [3.05, 3.63) is 89.3 Å². The van der Waals surface area contributed by atoms with Crippen LogP contribution in [0.2, 0.25) is 0 Å². The van der Waals surface area contributed by atoms with Crippen LogP contribution in [0.5, 0.6) is 0 Å². The molecule has 7 nitrogen and oxygen atoms in total. The molecule has 156 valence electrons. The van der Waals surface area contributed by atoms with Gasteiger partial charge in [-0.15, -0.1) is 0 Å². The van der Waals surface area contributed by atoms with Crippen molar-refractivity contribution in [3.8, 4) is 6.07 Å². The van der Waals surface area contributed by atoms with Gasteiger partial charge in [-0.25, -0.2) is 8.42 Å². The Morgan fingerprint density at radius 1 is 1.03 bits per heavy atom. The SMILES string of the molecule is Cc1cccc(C)c1NS(=O)(=O)c1ccc(NC(=O)C(C#N)=Cc2cccnc2)cc1. The summed E-state index contributed by atoms with van der Waals surface area (Å²) in [6, 6.07) is 16.5. The highest BCUT2D eigenvalue weighted by molar-refractivity contribution is 7.92. The summed E-state index contributed by atoms with van der Waals surface area (Å²) in [5, 5.41) is 11.9. The van der Waals surface area contributed by atoms with Gasteiger partial charge in [-0.3, -0.25) is 14.5 Å². The zero-order chi connectivity index (χ0) is 22.4. The molecule has 0 spiro atoms. The molecule has 0 radical (unpaired) electrons. The maximum atomic E-state index is 12.7. The summed E-state index contributed by atoms with van der Waals surface area (Å²) in [6.45, 7) is 3.66. The molecular weight excluding hydrogens is 412 g/mol. The van der Waals surface area contributed by atoms with Crippen molar-refractivity contribution < 1.29 is 13.2 Å². The number of benzene rings is 2. The third kappa shape index (κ3) is 5.35. The number of rotatable bonds is 6. The summed E-state index contributed by atoms with van der Waals surface area (Å²) < 4.78 is 28.1. The van der Waals surface area contributed by atoms with Crippen molar-refractivity contribution in [2.75, 3.05) is 10.0 Å². The van der Waals surface area contributed by atoms with Crippen LogP contribution in [0.15, 0.2) is 77.5 Å². The Bertz CT molecular complexity index is 1260. The number of sulfonamides is 1. The molecule has 3 aromatic rings. The van der Waals surface area contributed by atoms with E-state index >= 15 is 0 Å². The zero-order valence-corrected chi connectivity index (χ0v) is 17.8. The van der Waals surface area contributed by atoms with E-state index in [0.29, 0.717) is 16.9 Å². The highest BCUT2D eigenvalue weighted by Gasteiger charge is 2.17. The minimum Gasteiger partial charge on any atom is -0.321 e. The normalized spacial score (nSPS) is 11.5. The molecule has 0 saturated heterocycles. The topological polar surface area (TPSA) is 112 Å². The van der Waals surface area contributed by atoms with Gasteiger partial charge >= 0.3 is 0 Å². The number of nitriles is 1. The van der Waals surface area contributed by atoms with Crippen LogP contribution >= 0.6 is 0 Å². The summed E-state index contributed by atoms with van der Waals surface area (Å²) in [6.07, 6.45) is 4.55. The Morgan fingerprint density at radius 3 is 2.29 bits per heavy atom. The fourth-order valence-electron chi connectivity index (χ4n) is 2.86. The number of carbonyl (C=O) groups is 1. The number of nitrogens with zero attached hydrogens (tertiary/aromatic N) is 2.